The van der Waals surface area contributed by atoms with Gasteiger partial charge in [0.15, 0.2) is 11.6 Å². The number of anilines is 1. The lowest BCUT2D eigenvalue weighted by molar-refractivity contribution is -0.188. The van der Waals surface area contributed by atoms with Gasteiger partial charge in [-0.15, -0.1) is 0 Å². The van der Waals surface area contributed by atoms with Crippen molar-refractivity contribution in [2.75, 3.05) is 64.9 Å². The minimum Gasteiger partial charge on any atom is -0.482 e. The summed E-state index contributed by atoms with van der Waals surface area (Å²) in [4.78, 5) is 42.4. The second-order valence-electron chi connectivity index (χ2n) is 13.8. The molecule has 16 nitrogen and oxygen atoms in total. The average Bonchev–Trinajstić information content (AvgIpc) is 3.70. The third-order valence-corrected chi connectivity index (χ3v) is 10.6. The zero-order valence-corrected chi connectivity index (χ0v) is 33.0. The zero-order chi connectivity index (χ0) is 40.3. The van der Waals surface area contributed by atoms with E-state index >= 15 is 0 Å². The Labute approximate surface area is 339 Å². The highest BCUT2D eigenvalue weighted by Gasteiger charge is 2.37. The van der Waals surface area contributed by atoms with Crippen LogP contribution < -0.4 is 26.4 Å². The van der Waals surface area contributed by atoms with Gasteiger partial charge in [-0.1, -0.05) is 23.2 Å². The number of nitrogens with zero attached hydrogens (tertiary/aromatic N) is 4. The lowest BCUT2D eigenvalue weighted by Gasteiger charge is -2.33. The molecule has 2 saturated heterocycles. The number of likely N-dealkylation sites (tertiary alicyclic amines) is 1. The fourth-order valence-corrected chi connectivity index (χ4v) is 7.37. The second-order valence-corrected chi connectivity index (χ2v) is 14.6. The molecule has 4 atom stereocenters. The molecule has 5 heterocycles. The first-order chi connectivity index (χ1) is 27.5. The summed E-state index contributed by atoms with van der Waals surface area (Å²) in [6.07, 6.45) is 8.76. The highest BCUT2D eigenvalue weighted by atomic mass is 35.5. The molecule has 6 rings (SSSR count). The number of carbonyl (C=O) groups excluding carboxylic acids is 3. The molecule has 0 spiro atoms. The lowest BCUT2D eigenvalue weighted by atomic mass is 9.97. The Morgan fingerprint density at radius 1 is 1.11 bits per heavy atom. The summed E-state index contributed by atoms with van der Waals surface area (Å²) >= 11 is 12.5. The number of piperidine rings is 2. The van der Waals surface area contributed by atoms with Crippen LogP contribution in [-0.4, -0.2) is 109 Å². The highest BCUT2D eigenvalue weighted by molar-refractivity contribution is 6.36. The number of rotatable bonds is 18. The molecule has 308 valence electrons. The fourth-order valence-electron chi connectivity index (χ4n) is 6.69. The number of nitrogen functional groups attached to an aromatic ring is 1. The van der Waals surface area contributed by atoms with Crippen molar-refractivity contribution < 1.29 is 42.5 Å². The van der Waals surface area contributed by atoms with Gasteiger partial charge in [-0.2, -0.15) is 5.10 Å². The number of benzene rings is 1. The summed E-state index contributed by atoms with van der Waals surface area (Å²) in [5, 5.41) is 12.8. The number of nitrogens with two attached hydrogens (primary N) is 1. The van der Waals surface area contributed by atoms with E-state index in [0.29, 0.717) is 50.7 Å². The number of amides is 3. The van der Waals surface area contributed by atoms with Crippen molar-refractivity contribution in [3.05, 3.63) is 70.6 Å². The van der Waals surface area contributed by atoms with Gasteiger partial charge in [-0.25, -0.2) is 9.37 Å². The fraction of sp³-hybridized carbons (Fsp3) is 0.500. The van der Waals surface area contributed by atoms with Gasteiger partial charge in [0, 0.05) is 66.7 Å². The molecule has 0 radical (unpaired) electrons. The molecule has 3 aliphatic heterocycles. The number of hydrogen-bond donors (Lipinski definition) is 4. The van der Waals surface area contributed by atoms with E-state index in [4.69, 9.17) is 52.6 Å². The van der Waals surface area contributed by atoms with Crippen LogP contribution in [0.25, 0.3) is 11.1 Å². The van der Waals surface area contributed by atoms with E-state index in [1.54, 1.807) is 31.5 Å². The first-order valence-corrected chi connectivity index (χ1v) is 19.6. The molecule has 2 fully saturated rings. The van der Waals surface area contributed by atoms with Gasteiger partial charge in [0.1, 0.15) is 24.1 Å². The Bertz CT molecular complexity index is 1890. The van der Waals surface area contributed by atoms with Gasteiger partial charge in [-0.05, 0) is 50.5 Å². The highest BCUT2D eigenvalue weighted by Crippen LogP contribution is 2.37. The van der Waals surface area contributed by atoms with E-state index in [-0.39, 0.29) is 46.7 Å². The van der Waals surface area contributed by atoms with Crippen LogP contribution in [-0.2, 0) is 33.3 Å². The van der Waals surface area contributed by atoms with Crippen LogP contribution in [0.4, 0.5) is 10.2 Å². The van der Waals surface area contributed by atoms with Gasteiger partial charge in [-0.3, -0.25) is 29.7 Å². The van der Waals surface area contributed by atoms with Crippen LogP contribution in [0.15, 0.2) is 49.1 Å². The van der Waals surface area contributed by atoms with Crippen LogP contribution in [0.2, 0.25) is 10.0 Å². The Morgan fingerprint density at radius 2 is 1.89 bits per heavy atom. The van der Waals surface area contributed by atoms with Gasteiger partial charge in [0.25, 0.3) is 0 Å². The third-order valence-electron chi connectivity index (χ3n) is 9.85. The number of hydrogen-bond acceptors (Lipinski definition) is 13. The standard InChI is InChI=1S/C38H47Cl2FN8O8/c1-23(34-28(39)3-4-29(41)35(34)40)56-30-18-24(19-45-36(30)42)25-20-46-49(22-25)26-6-10-48(11-7-26)12-15-54-17-16-53-14-9-43-32(51)21-44-33-8-13-55-38(57-33)27-2-5-31(50)47-37(27)52/h3-4,8,13,18-20,22-23,26-27,33,38,44H,2,5-7,9-12,14-17,21H2,1H3,(H2,42,45)(H,43,51)(H,47,50,52)/t23-,27?,33?,38?/m1/s1. The number of carbonyl (C=O) groups is 3. The van der Waals surface area contributed by atoms with Crippen molar-refractivity contribution in [3.63, 3.8) is 0 Å². The van der Waals surface area contributed by atoms with E-state index < -0.39 is 36.3 Å². The normalized spacial score (nSPS) is 20.9. The Balaban J connectivity index is 0.813. The Kier molecular flexibility index (Phi) is 15.1. The van der Waals surface area contributed by atoms with Crippen LogP contribution in [0.5, 0.6) is 5.75 Å². The number of aromatic nitrogens is 3. The summed E-state index contributed by atoms with van der Waals surface area (Å²) in [7, 11) is 0. The summed E-state index contributed by atoms with van der Waals surface area (Å²) in [6.45, 7) is 6.46. The van der Waals surface area contributed by atoms with Gasteiger partial charge < -0.3 is 39.6 Å². The molecule has 2 aromatic heterocycles. The summed E-state index contributed by atoms with van der Waals surface area (Å²) in [6, 6.07) is 4.67. The van der Waals surface area contributed by atoms with Crippen molar-refractivity contribution >= 4 is 46.7 Å². The van der Waals surface area contributed by atoms with E-state index in [0.717, 1.165) is 43.6 Å². The van der Waals surface area contributed by atoms with Gasteiger partial charge in [0.05, 0.1) is 56.5 Å². The Morgan fingerprint density at radius 3 is 2.68 bits per heavy atom. The molecule has 5 N–H and O–H groups in total. The van der Waals surface area contributed by atoms with Crippen molar-refractivity contribution in [2.45, 2.75) is 57.3 Å². The van der Waals surface area contributed by atoms with Crippen molar-refractivity contribution in [2.24, 2.45) is 5.92 Å². The maximum atomic E-state index is 14.1. The molecule has 0 saturated carbocycles. The lowest BCUT2D eigenvalue weighted by Crippen LogP contribution is -2.50. The topological polar surface area (TPSA) is 193 Å². The first-order valence-electron chi connectivity index (χ1n) is 18.8. The molecule has 0 aliphatic carbocycles. The molecule has 57 heavy (non-hydrogen) atoms. The SMILES string of the molecule is C[C@@H](Oc1cc(-c2cnn(C3CCN(CCOCCOCCNC(=O)CNC4C=COC(C5CCC(=O)NC5=O)O4)CC3)c2)cnc1N)c1c(Cl)ccc(F)c1Cl. The molecule has 1 aromatic carbocycles. The van der Waals surface area contributed by atoms with E-state index in [2.05, 4.69) is 30.9 Å². The number of halogens is 3. The van der Waals surface area contributed by atoms with Crippen LogP contribution in [0.1, 0.15) is 50.3 Å². The van der Waals surface area contributed by atoms with Gasteiger partial charge >= 0.3 is 0 Å². The minimum atomic E-state index is -0.845. The minimum absolute atomic E-state index is 0.00744. The predicted octanol–water partition coefficient (Wildman–Crippen LogP) is 3.75. The van der Waals surface area contributed by atoms with E-state index in [1.165, 1.54) is 18.4 Å². The van der Waals surface area contributed by atoms with Crippen LogP contribution in [0, 0.1) is 11.7 Å². The Hall–Kier alpha value is -4.36. The largest absolute Gasteiger partial charge is 0.482 e. The first kappa shape index (κ1) is 42.3. The molecule has 3 aromatic rings. The third kappa shape index (κ3) is 11.6. The molecule has 3 aliphatic rings. The number of nitrogens with one attached hydrogen (secondary N) is 3. The number of ether oxygens (including phenoxy) is 5. The molecular formula is C38H47Cl2FN8O8. The monoisotopic (exact) mass is 832 g/mol. The smallest absolute Gasteiger partial charge is 0.236 e. The quantitative estimate of drug-likeness (QED) is 0.0824. The van der Waals surface area contributed by atoms with Crippen LogP contribution in [0.3, 0.4) is 0 Å². The molecular weight excluding hydrogens is 786 g/mol. The van der Waals surface area contributed by atoms with E-state index in [1.807, 2.05) is 10.9 Å². The van der Waals surface area contributed by atoms with Crippen LogP contribution >= 0.6 is 23.2 Å². The van der Waals surface area contributed by atoms with Crippen molar-refractivity contribution in [3.8, 4) is 16.9 Å². The second kappa shape index (κ2) is 20.4. The maximum absolute atomic E-state index is 14.1. The number of pyridine rings is 1. The summed E-state index contributed by atoms with van der Waals surface area (Å²) < 4.78 is 44.7. The van der Waals surface area contributed by atoms with Gasteiger partial charge in [0.2, 0.25) is 24.0 Å². The summed E-state index contributed by atoms with van der Waals surface area (Å²) in [5.41, 5.74) is 8.08. The van der Waals surface area contributed by atoms with E-state index in [9.17, 15) is 18.8 Å². The molecule has 0 bridgehead atoms. The van der Waals surface area contributed by atoms with Crippen molar-refractivity contribution in [1.29, 1.82) is 0 Å². The number of imide groups is 1. The maximum Gasteiger partial charge on any atom is 0.236 e. The average molecular weight is 834 g/mol. The predicted molar refractivity (Wildman–Crippen MR) is 207 cm³/mol. The molecule has 3 amide bonds. The summed E-state index contributed by atoms with van der Waals surface area (Å²) in [5.74, 6) is -1.67. The van der Waals surface area contributed by atoms with Crippen molar-refractivity contribution in [1.82, 2.24) is 35.6 Å². The zero-order valence-electron chi connectivity index (χ0n) is 31.5. The molecule has 3 unspecified atom stereocenters. The molecule has 19 heteroatoms.